The maximum absolute atomic E-state index is 11.1. The van der Waals surface area contributed by atoms with Crippen LogP contribution >= 0.6 is 0 Å². The van der Waals surface area contributed by atoms with Crippen molar-refractivity contribution in [2.24, 2.45) is 5.92 Å². The van der Waals surface area contributed by atoms with E-state index in [0.717, 1.165) is 12.5 Å². The first-order valence-electron chi connectivity index (χ1n) is 5.19. The molecular formula is C11H22O2Si. The van der Waals surface area contributed by atoms with E-state index in [0.29, 0.717) is 6.61 Å². The van der Waals surface area contributed by atoms with Gasteiger partial charge in [-0.05, 0) is 6.42 Å². The summed E-state index contributed by atoms with van der Waals surface area (Å²) in [6.45, 7) is 12.6. The summed E-state index contributed by atoms with van der Waals surface area (Å²) in [6.07, 6.45) is 0.962. The van der Waals surface area contributed by atoms with Crippen molar-refractivity contribution in [2.45, 2.75) is 39.4 Å². The summed E-state index contributed by atoms with van der Waals surface area (Å²) < 4.78 is 5.09. The number of hydrogen-bond donors (Lipinski definition) is 0. The van der Waals surface area contributed by atoms with Crippen LogP contribution in [0.3, 0.4) is 0 Å². The first-order chi connectivity index (χ1) is 6.39. The molecule has 0 aliphatic heterocycles. The molecule has 0 aromatic heterocycles. The van der Waals surface area contributed by atoms with Crippen LogP contribution in [0.25, 0.3) is 0 Å². The second kappa shape index (κ2) is 6.01. The summed E-state index contributed by atoms with van der Waals surface area (Å²) in [6, 6.07) is 1.14. The van der Waals surface area contributed by atoms with Crippen LogP contribution in [0, 0.1) is 5.92 Å². The zero-order valence-electron chi connectivity index (χ0n) is 9.80. The first-order valence-corrected chi connectivity index (χ1v) is 8.48. The lowest BCUT2D eigenvalue weighted by Crippen LogP contribution is -2.22. The monoisotopic (exact) mass is 214 g/mol. The van der Waals surface area contributed by atoms with Gasteiger partial charge >= 0.3 is 5.97 Å². The molecule has 3 heteroatoms. The summed E-state index contributed by atoms with van der Waals surface area (Å²) in [5.41, 5.74) is 2.08. The number of rotatable bonds is 6. The smallest absolute Gasteiger partial charge is 0.308 e. The second-order valence-electron chi connectivity index (χ2n) is 4.62. The number of hydrogen-bond acceptors (Lipinski definition) is 2. The first kappa shape index (κ1) is 13.4. The molecule has 0 saturated heterocycles. The normalized spacial score (nSPS) is 11.5. The summed E-state index contributed by atoms with van der Waals surface area (Å²) >= 11 is 0. The molecule has 0 bridgehead atoms. The fourth-order valence-electron chi connectivity index (χ4n) is 0.969. The summed E-state index contributed by atoms with van der Waals surface area (Å²) in [5.74, 6) is -0.109. The Labute approximate surface area is 88.4 Å². The van der Waals surface area contributed by atoms with Crippen molar-refractivity contribution < 1.29 is 9.53 Å². The summed E-state index contributed by atoms with van der Waals surface area (Å²) in [7, 11) is -1.20. The van der Waals surface area contributed by atoms with Crippen LogP contribution in [0.1, 0.15) is 20.3 Å². The summed E-state index contributed by atoms with van der Waals surface area (Å²) in [4.78, 5) is 11.1. The number of esters is 1. The van der Waals surface area contributed by atoms with Gasteiger partial charge in [0.05, 0.1) is 20.6 Å². The molecular weight excluding hydrogens is 192 g/mol. The van der Waals surface area contributed by atoms with Crippen LogP contribution in [0.4, 0.5) is 0 Å². The van der Waals surface area contributed by atoms with Crippen molar-refractivity contribution in [3.05, 3.63) is 12.3 Å². The van der Waals surface area contributed by atoms with E-state index in [9.17, 15) is 4.79 Å². The molecule has 0 aliphatic carbocycles. The molecule has 0 radical (unpaired) electrons. The zero-order chi connectivity index (χ0) is 11.2. The lowest BCUT2D eigenvalue weighted by molar-refractivity contribution is -0.147. The number of carbonyl (C=O) groups excluding carboxylic acids is 1. The van der Waals surface area contributed by atoms with Crippen LogP contribution in [0.15, 0.2) is 12.3 Å². The average molecular weight is 214 g/mol. The Balaban J connectivity index is 3.57. The quantitative estimate of drug-likeness (QED) is 0.386. The van der Waals surface area contributed by atoms with Crippen molar-refractivity contribution >= 4 is 14.0 Å². The van der Waals surface area contributed by atoms with Crippen molar-refractivity contribution in [1.82, 2.24) is 0 Å². The van der Waals surface area contributed by atoms with Gasteiger partial charge in [-0.1, -0.05) is 33.0 Å². The molecule has 0 atom stereocenters. The van der Waals surface area contributed by atoms with Crippen LogP contribution in [0.2, 0.25) is 19.1 Å². The van der Waals surface area contributed by atoms with Gasteiger partial charge in [0.2, 0.25) is 0 Å². The average Bonchev–Trinajstić information content (AvgIpc) is 2.12. The molecule has 0 aromatic carbocycles. The minimum absolute atomic E-state index is 0.0142. The maximum Gasteiger partial charge on any atom is 0.308 e. The molecule has 0 spiro atoms. The van der Waals surface area contributed by atoms with E-state index in [1.807, 2.05) is 13.8 Å². The topological polar surface area (TPSA) is 26.3 Å². The molecule has 0 rings (SSSR count). The molecule has 0 unspecified atom stereocenters. The minimum Gasteiger partial charge on any atom is -0.465 e. The van der Waals surface area contributed by atoms with Crippen molar-refractivity contribution in [3.8, 4) is 0 Å². The third-order valence-corrected chi connectivity index (χ3v) is 4.98. The van der Waals surface area contributed by atoms with E-state index in [-0.39, 0.29) is 11.9 Å². The molecule has 14 heavy (non-hydrogen) atoms. The van der Waals surface area contributed by atoms with E-state index in [4.69, 9.17) is 4.74 Å². The van der Waals surface area contributed by atoms with Crippen LogP contribution in [-0.2, 0) is 9.53 Å². The third kappa shape index (κ3) is 5.97. The lowest BCUT2D eigenvalue weighted by atomic mass is 10.2. The molecule has 0 aromatic rings. The van der Waals surface area contributed by atoms with Gasteiger partial charge in [-0.2, -0.15) is 0 Å². The highest BCUT2D eigenvalue weighted by molar-refractivity contribution is 6.82. The molecule has 0 amide bonds. The van der Waals surface area contributed by atoms with Crippen molar-refractivity contribution in [2.75, 3.05) is 6.61 Å². The van der Waals surface area contributed by atoms with Crippen molar-refractivity contribution in [3.63, 3.8) is 0 Å². The molecule has 82 valence electrons. The van der Waals surface area contributed by atoms with Gasteiger partial charge in [0.15, 0.2) is 0 Å². The second-order valence-corrected chi connectivity index (χ2v) is 9.50. The van der Waals surface area contributed by atoms with Crippen molar-refractivity contribution in [1.29, 1.82) is 0 Å². The molecule has 0 fully saturated rings. The summed E-state index contributed by atoms with van der Waals surface area (Å²) in [5, 5.41) is 0. The van der Waals surface area contributed by atoms with E-state index in [1.165, 1.54) is 0 Å². The van der Waals surface area contributed by atoms with E-state index in [1.54, 1.807) is 0 Å². The van der Waals surface area contributed by atoms with Gasteiger partial charge in [0.1, 0.15) is 0 Å². The molecule has 0 saturated carbocycles. The number of carbonyl (C=O) groups is 1. The molecule has 0 N–H and O–H groups in total. The molecule has 2 nitrogen and oxygen atoms in total. The fourth-order valence-corrected chi connectivity index (χ4v) is 2.23. The van der Waals surface area contributed by atoms with E-state index in [2.05, 4.69) is 25.4 Å². The number of ether oxygens (including phenoxy) is 1. The highest BCUT2D eigenvalue weighted by Crippen LogP contribution is 2.12. The van der Waals surface area contributed by atoms with Gasteiger partial charge in [0.25, 0.3) is 0 Å². The Kier molecular flexibility index (Phi) is 5.77. The molecule has 0 aliphatic rings. The fraction of sp³-hybridized carbons (Fsp3) is 0.727. The molecule has 0 heterocycles. The van der Waals surface area contributed by atoms with Crippen LogP contribution in [0.5, 0.6) is 0 Å². The van der Waals surface area contributed by atoms with Gasteiger partial charge in [0, 0.05) is 0 Å². The highest BCUT2D eigenvalue weighted by Gasteiger charge is 2.15. The van der Waals surface area contributed by atoms with Gasteiger partial charge in [-0.15, -0.1) is 12.3 Å². The minimum atomic E-state index is -1.20. The van der Waals surface area contributed by atoms with E-state index >= 15 is 0 Å². The highest BCUT2D eigenvalue weighted by atomic mass is 28.3. The maximum atomic E-state index is 11.1. The zero-order valence-corrected chi connectivity index (χ0v) is 10.8. The lowest BCUT2D eigenvalue weighted by Gasteiger charge is -2.16. The SMILES string of the molecule is C=C[Si](C)(C)CCCOC(=O)C(C)C. The standard InChI is InChI=1S/C11H22O2Si/c1-6-14(4,5)9-7-8-13-11(12)10(2)3/h6,10H,1,7-9H2,2-5H3. The Morgan fingerprint density at radius 3 is 2.50 bits per heavy atom. The van der Waals surface area contributed by atoms with Gasteiger partial charge in [-0.3, -0.25) is 4.79 Å². The Hall–Kier alpha value is -0.573. The van der Waals surface area contributed by atoms with Gasteiger partial charge < -0.3 is 4.74 Å². The van der Waals surface area contributed by atoms with Crippen LogP contribution in [-0.4, -0.2) is 20.7 Å². The predicted octanol–water partition coefficient (Wildman–Crippen LogP) is 3.01. The third-order valence-electron chi connectivity index (χ3n) is 2.23. The largest absolute Gasteiger partial charge is 0.465 e. The van der Waals surface area contributed by atoms with Crippen LogP contribution < -0.4 is 0 Å². The predicted molar refractivity (Wildman–Crippen MR) is 62.9 cm³/mol. The Morgan fingerprint density at radius 2 is 2.07 bits per heavy atom. The Morgan fingerprint density at radius 1 is 1.50 bits per heavy atom. The Bertz CT molecular complexity index is 197. The van der Waals surface area contributed by atoms with E-state index < -0.39 is 8.07 Å². The van der Waals surface area contributed by atoms with Gasteiger partial charge in [-0.25, -0.2) is 0 Å².